The molecule has 3 nitrogen and oxygen atoms in total. The van der Waals surface area contributed by atoms with E-state index in [1.807, 2.05) is 16.4 Å². The van der Waals surface area contributed by atoms with Crippen LogP contribution in [-0.4, -0.2) is 9.78 Å². The smallest absolute Gasteiger partial charge is 0.271 e. The van der Waals surface area contributed by atoms with Crippen molar-refractivity contribution in [1.29, 1.82) is 0 Å². The zero-order valence-corrected chi connectivity index (χ0v) is 7.49. The van der Waals surface area contributed by atoms with Gasteiger partial charge in [0, 0.05) is 11.5 Å². The number of fused-ring (bicyclic) bond motifs is 1. The first-order valence-electron chi connectivity index (χ1n) is 4.26. The van der Waals surface area contributed by atoms with Crippen molar-refractivity contribution < 1.29 is 0 Å². The molecule has 0 radical (unpaired) electrons. The lowest BCUT2D eigenvalue weighted by atomic mass is 10.3. The highest BCUT2D eigenvalue weighted by molar-refractivity contribution is 7.98. The van der Waals surface area contributed by atoms with Crippen molar-refractivity contribution in [2.24, 2.45) is 0 Å². The first-order chi connectivity index (χ1) is 5.86. The Balaban J connectivity index is 2.17. The van der Waals surface area contributed by atoms with Crippen molar-refractivity contribution in [2.75, 3.05) is 0 Å². The maximum atomic E-state index is 11.7. The van der Waals surface area contributed by atoms with Gasteiger partial charge in [-0.2, -0.15) is 11.8 Å². The highest BCUT2D eigenvalue weighted by Gasteiger charge is 2.29. The Hall–Kier alpha value is -0.640. The van der Waals surface area contributed by atoms with Crippen LogP contribution in [-0.2, 0) is 11.5 Å². The third-order valence-electron chi connectivity index (χ3n) is 2.50. The van der Waals surface area contributed by atoms with Crippen molar-refractivity contribution in [3.8, 4) is 0 Å². The van der Waals surface area contributed by atoms with Crippen LogP contribution in [0.5, 0.6) is 0 Å². The highest BCUT2D eigenvalue weighted by atomic mass is 32.2. The molecule has 0 unspecified atom stereocenters. The fraction of sp³-hybridized carbons (Fsp3) is 0.625. The van der Waals surface area contributed by atoms with E-state index in [9.17, 15) is 4.79 Å². The molecule has 2 heterocycles. The summed E-state index contributed by atoms with van der Waals surface area (Å²) in [4.78, 5) is 11.7. The van der Waals surface area contributed by atoms with Gasteiger partial charge in [0.25, 0.3) is 5.56 Å². The minimum absolute atomic E-state index is 0.234. The van der Waals surface area contributed by atoms with E-state index < -0.39 is 0 Å². The van der Waals surface area contributed by atoms with E-state index in [4.69, 9.17) is 0 Å². The van der Waals surface area contributed by atoms with Crippen LogP contribution >= 0.6 is 11.8 Å². The van der Waals surface area contributed by atoms with Gasteiger partial charge < -0.3 is 0 Å². The molecule has 0 amide bonds. The molecule has 1 fully saturated rings. The van der Waals surface area contributed by atoms with Crippen LogP contribution in [0.2, 0.25) is 0 Å². The van der Waals surface area contributed by atoms with Crippen LogP contribution in [0.3, 0.4) is 0 Å². The van der Waals surface area contributed by atoms with E-state index in [2.05, 4.69) is 5.10 Å². The van der Waals surface area contributed by atoms with Crippen molar-refractivity contribution in [2.45, 2.75) is 30.4 Å². The Labute approximate surface area is 74.1 Å². The first kappa shape index (κ1) is 6.83. The Kier molecular flexibility index (Phi) is 1.25. The van der Waals surface area contributed by atoms with Gasteiger partial charge in [0.05, 0.1) is 17.3 Å². The van der Waals surface area contributed by atoms with E-state index in [0.717, 1.165) is 22.8 Å². The molecule has 1 saturated carbocycles. The monoisotopic (exact) mass is 182 g/mol. The second kappa shape index (κ2) is 2.19. The zero-order chi connectivity index (χ0) is 8.13. The zero-order valence-electron chi connectivity index (χ0n) is 6.67. The summed E-state index contributed by atoms with van der Waals surface area (Å²) in [5.74, 6) is 1.90. The maximum absolute atomic E-state index is 11.7. The molecule has 1 aromatic rings. The fourth-order valence-corrected chi connectivity index (χ4v) is 2.70. The maximum Gasteiger partial charge on any atom is 0.271 e. The lowest BCUT2D eigenvalue weighted by Gasteiger charge is -1.96. The quantitative estimate of drug-likeness (QED) is 0.710. The van der Waals surface area contributed by atoms with Crippen LogP contribution in [0.15, 0.2) is 4.79 Å². The number of aromatic nitrogens is 2. The van der Waals surface area contributed by atoms with Crippen LogP contribution < -0.4 is 5.56 Å². The molecule has 2 aliphatic rings. The Morgan fingerprint density at radius 3 is 2.92 bits per heavy atom. The minimum Gasteiger partial charge on any atom is -0.298 e. The summed E-state index contributed by atoms with van der Waals surface area (Å²) < 4.78 is 1.82. The summed E-state index contributed by atoms with van der Waals surface area (Å²) in [6.45, 7) is 0. The molecule has 0 aromatic carbocycles. The lowest BCUT2D eigenvalue weighted by molar-refractivity contribution is 0.613. The van der Waals surface area contributed by atoms with E-state index in [1.165, 1.54) is 12.8 Å². The Bertz CT molecular complexity index is 375. The summed E-state index contributed by atoms with van der Waals surface area (Å²) in [7, 11) is 0. The molecule has 1 aromatic heterocycles. The van der Waals surface area contributed by atoms with Crippen LogP contribution in [0.1, 0.15) is 30.1 Å². The van der Waals surface area contributed by atoms with Crippen molar-refractivity contribution in [1.82, 2.24) is 9.78 Å². The molecule has 3 rings (SSSR count). The fourth-order valence-electron chi connectivity index (χ4n) is 1.65. The van der Waals surface area contributed by atoms with E-state index in [0.29, 0.717) is 6.04 Å². The van der Waals surface area contributed by atoms with Gasteiger partial charge in [0.1, 0.15) is 0 Å². The summed E-state index contributed by atoms with van der Waals surface area (Å²) in [5, 5.41) is 3.21. The Morgan fingerprint density at radius 2 is 2.25 bits per heavy atom. The number of aromatic amines is 1. The molecule has 0 spiro atoms. The van der Waals surface area contributed by atoms with Gasteiger partial charge in [-0.3, -0.25) is 9.89 Å². The molecule has 4 heteroatoms. The third kappa shape index (κ3) is 0.813. The highest BCUT2D eigenvalue weighted by Crippen LogP contribution is 2.35. The van der Waals surface area contributed by atoms with Gasteiger partial charge in [-0.25, -0.2) is 4.68 Å². The summed E-state index contributed by atoms with van der Waals surface area (Å²) in [6.07, 6.45) is 2.35. The number of thioether (sulfide) groups is 1. The SMILES string of the molecule is O=c1c2c([nH]n1C1CC1)CSC2. The van der Waals surface area contributed by atoms with Gasteiger partial charge in [0.2, 0.25) is 0 Å². The van der Waals surface area contributed by atoms with Crippen molar-refractivity contribution in [3.05, 3.63) is 21.6 Å². The summed E-state index contributed by atoms with van der Waals surface area (Å²) in [5.41, 5.74) is 2.42. The van der Waals surface area contributed by atoms with Gasteiger partial charge in [0.15, 0.2) is 0 Å². The largest absolute Gasteiger partial charge is 0.298 e. The third-order valence-corrected chi connectivity index (χ3v) is 3.49. The van der Waals surface area contributed by atoms with Crippen molar-refractivity contribution >= 4 is 11.8 Å². The second-order valence-corrected chi connectivity index (χ2v) is 4.45. The average Bonchev–Trinajstić information content (AvgIpc) is 2.71. The summed E-state index contributed by atoms with van der Waals surface area (Å²) >= 11 is 1.82. The standard InChI is InChI=1S/C8H10N2OS/c11-8-6-3-12-4-7(6)9-10(8)5-1-2-5/h5,9H,1-4H2. The molecular formula is C8H10N2OS. The van der Waals surface area contributed by atoms with E-state index >= 15 is 0 Å². The van der Waals surface area contributed by atoms with Gasteiger partial charge in [-0.15, -0.1) is 0 Å². The number of H-pyrrole nitrogens is 1. The van der Waals surface area contributed by atoms with E-state index in [-0.39, 0.29) is 5.56 Å². The minimum atomic E-state index is 0.234. The van der Waals surface area contributed by atoms with Crippen LogP contribution in [0.25, 0.3) is 0 Å². The molecule has 1 aliphatic carbocycles. The molecule has 1 aliphatic heterocycles. The predicted molar refractivity (Wildman–Crippen MR) is 48.3 cm³/mol. The number of nitrogens with one attached hydrogen (secondary N) is 1. The number of rotatable bonds is 1. The average molecular weight is 182 g/mol. The summed E-state index contributed by atoms with van der Waals surface area (Å²) in [6, 6.07) is 0.494. The molecule has 0 saturated heterocycles. The molecule has 1 N–H and O–H groups in total. The number of nitrogens with zero attached hydrogens (tertiary/aromatic N) is 1. The van der Waals surface area contributed by atoms with Crippen LogP contribution in [0, 0.1) is 0 Å². The molecule has 12 heavy (non-hydrogen) atoms. The topological polar surface area (TPSA) is 37.8 Å². The van der Waals surface area contributed by atoms with Crippen LogP contribution in [0.4, 0.5) is 0 Å². The van der Waals surface area contributed by atoms with Gasteiger partial charge in [-0.05, 0) is 12.8 Å². The predicted octanol–water partition coefficient (Wildman–Crippen LogP) is 1.26. The number of hydrogen-bond donors (Lipinski definition) is 1. The molecule has 0 bridgehead atoms. The van der Waals surface area contributed by atoms with E-state index in [1.54, 1.807) is 0 Å². The molecular weight excluding hydrogens is 172 g/mol. The Morgan fingerprint density at radius 1 is 1.42 bits per heavy atom. The second-order valence-electron chi connectivity index (χ2n) is 3.47. The molecule has 0 atom stereocenters. The van der Waals surface area contributed by atoms with Gasteiger partial charge >= 0.3 is 0 Å². The first-order valence-corrected chi connectivity index (χ1v) is 5.42. The van der Waals surface area contributed by atoms with Crippen molar-refractivity contribution in [3.63, 3.8) is 0 Å². The van der Waals surface area contributed by atoms with Gasteiger partial charge in [-0.1, -0.05) is 0 Å². The normalized spacial score (nSPS) is 21.3. The lowest BCUT2D eigenvalue weighted by Crippen LogP contribution is -2.17. The molecule has 64 valence electrons. The number of hydrogen-bond acceptors (Lipinski definition) is 2.